The van der Waals surface area contributed by atoms with Gasteiger partial charge in [-0.1, -0.05) is 6.07 Å². The number of hydrogen-bond donors (Lipinski definition) is 1. The number of halogens is 3. The first-order valence-corrected chi connectivity index (χ1v) is 5.12. The number of aromatic nitrogens is 1. The van der Waals surface area contributed by atoms with Crippen molar-refractivity contribution in [3.8, 4) is 0 Å². The zero-order valence-electron chi connectivity index (χ0n) is 9.68. The van der Waals surface area contributed by atoms with Crippen LogP contribution in [0.1, 0.15) is 21.6 Å². The van der Waals surface area contributed by atoms with Gasteiger partial charge in [0.25, 0.3) is 0 Å². The van der Waals surface area contributed by atoms with Crippen molar-refractivity contribution in [1.29, 1.82) is 0 Å². The monoisotopic (exact) mass is 257 g/mol. The Morgan fingerprint density at radius 1 is 1.33 bits per heavy atom. The van der Waals surface area contributed by atoms with Gasteiger partial charge in [-0.15, -0.1) is 0 Å². The number of nitrogens with one attached hydrogen (secondary N) is 1. The number of carbonyl (C=O) groups is 1. The standard InChI is InChI=1S/C12H10F3NO2/c1-6-10(11(17)18-2)8-4-3-7(12(13,14)15)5-9(8)16-6/h3-5,16H,1-2H3. The van der Waals surface area contributed by atoms with Crippen LogP contribution in [-0.4, -0.2) is 18.1 Å². The molecule has 0 unspecified atom stereocenters. The third-order valence-corrected chi connectivity index (χ3v) is 2.70. The summed E-state index contributed by atoms with van der Waals surface area (Å²) in [5.74, 6) is -0.571. The molecule has 0 aliphatic carbocycles. The summed E-state index contributed by atoms with van der Waals surface area (Å²) in [6.45, 7) is 1.61. The molecule has 6 heteroatoms. The lowest BCUT2D eigenvalue weighted by molar-refractivity contribution is -0.137. The molecular formula is C12H10F3NO2. The molecule has 0 aliphatic heterocycles. The maximum Gasteiger partial charge on any atom is 0.416 e. The minimum Gasteiger partial charge on any atom is -0.465 e. The molecule has 0 spiro atoms. The largest absolute Gasteiger partial charge is 0.465 e. The lowest BCUT2D eigenvalue weighted by Gasteiger charge is -2.06. The summed E-state index contributed by atoms with van der Waals surface area (Å²) >= 11 is 0. The van der Waals surface area contributed by atoms with E-state index < -0.39 is 17.7 Å². The zero-order chi connectivity index (χ0) is 13.5. The van der Waals surface area contributed by atoms with E-state index in [1.807, 2.05) is 0 Å². The Kier molecular flexibility index (Phi) is 2.80. The Labute approximate surface area is 101 Å². The third kappa shape index (κ3) is 1.94. The van der Waals surface area contributed by atoms with Crippen molar-refractivity contribution in [3.05, 3.63) is 35.0 Å². The van der Waals surface area contributed by atoms with E-state index in [1.165, 1.54) is 13.2 Å². The van der Waals surface area contributed by atoms with Crippen LogP contribution < -0.4 is 0 Å². The van der Waals surface area contributed by atoms with Gasteiger partial charge in [0.15, 0.2) is 0 Å². The molecule has 1 heterocycles. The molecule has 0 aliphatic rings. The van der Waals surface area contributed by atoms with Gasteiger partial charge in [0.05, 0.1) is 18.2 Å². The molecule has 3 nitrogen and oxygen atoms in total. The van der Waals surface area contributed by atoms with Crippen LogP contribution in [0.5, 0.6) is 0 Å². The smallest absolute Gasteiger partial charge is 0.416 e. The highest BCUT2D eigenvalue weighted by Gasteiger charge is 2.31. The Morgan fingerprint density at radius 2 is 2.00 bits per heavy atom. The Morgan fingerprint density at radius 3 is 2.56 bits per heavy atom. The summed E-state index contributed by atoms with van der Waals surface area (Å²) in [4.78, 5) is 14.3. The van der Waals surface area contributed by atoms with Crippen molar-refractivity contribution >= 4 is 16.9 Å². The second-order valence-electron chi connectivity index (χ2n) is 3.87. The summed E-state index contributed by atoms with van der Waals surface area (Å²) in [5, 5.41) is 0.423. The molecule has 0 saturated carbocycles. The molecule has 2 rings (SSSR count). The van der Waals surface area contributed by atoms with E-state index >= 15 is 0 Å². The molecule has 1 aromatic heterocycles. The van der Waals surface area contributed by atoms with Crippen molar-refractivity contribution in [2.75, 3.05) is 7.11 Å². The SMILES string of the molecule is COC(=O)c1c(C)[nH]c2cc(C(F)(F)F)ccc12. The minimum atomic E-state index is -4.40. The van der Waals surface area contributed by atoms with Crippen molar-refractivity contribution in [3.63, 3.8) is 0 Å². The first kappa shape index (κ1) is 12.5. The summed E-state index contributed by atoms with van der Waals surface area (Å²) in [6, 6.07) is 3.20. The van der Waals surface area contributed by atoms with Gasteiger partial charge in [-0.05, 0) is 19.1 Å². The van der Waals surface area contributed by atoms with Crippen LogP contribution in [0.4, 0.5) is 13.2 Å². The normalized spacial score (nSPS) is 11.8. The lowest BCUT2D eigenvalue weighted by Crippen LogP contribution is -2.04. The number of esters is 1. The van der Waals surface area contributed by atoms with Gasteiger partial charge in [-0.2, -0.15) is 13.2 Å². The van der Waals surface area contributed by atoms with Crippen LogP contribution >= 0.6 is 0 Å². The number of methoxy groups -OCH3 is 1. The van der Waals surface area contributed by atoms with Gasteiger partial charge >= 0.3 is 12.1 Å². The zero-order valence-corrected chi connectivity index (χ0v) is 9.68. The molecule has 2 aromatic rings. The van der Waals surface area contributed by atoms with E-state index in [2.05, 4.69) is 9.72 Å². The molecular weight excluding hydrogens is 247 g/mol. The van der Waals surface area contributed by atoms with Gasteiger partial charge in [-0.3, -0.25) is 0 Å². The average Bonchev–Trinajstić information content (AvgIpc) is 2.61. The summed E-state index contributed by atoms with van der Waals surface area (Å²) in [5.41, 5.74) is 0.257. The number of fused-ring (bicyclic) bond motifs is 1. The highest BCUT2D eigenvalue weighted by Crippen LogP contribution is 2.32. The molecule has 0 amide bonds. The average molecular weight is 257 g/mol. The van der Waals surface area contributed by atoms with Crippen molar-refractivity contribution in [2.24, 2.45) is 0 Å². The van der Waals surface area contributed by atoms with Crippen LogP contribution in [0, 0.1) is 6.92 Å². The molecule has 18 heavy (non-hydrogen) atoms. The van der Waals surface area contributed by atoms with E-state index in [9.17, 15) is 18.0 Å². The molecule has 0 fully saturated rings. The fraction of sp³-hybridized carbons (Fsp3) is 0.250. The van der Waals surface area contributed by atoms with Crippen LogP contribution in [0.15, 0.2) is 18.2 Å². The Balaban J connectivity index is 2.65. The number of carbonyl (C=O) groups excluding carboxylic acids is 1. The molecule has 96 valence electrons. The summed E-state index contributed by atoms with van der Waals surface area (Å²) in [7, 11) is 1.23. The van der Waals surface area contributed by atoms with Crippen molar-refractivity contribution in [2.45, 2.75) is 13.1 Å². The van der Waals surface area contributed by atoms with Crippen LogP contribution in [0.2, 0.25) is 0 Å². The van der Waals surface area contributed by atoms with E-state index in [0.29, 0.717) is 11.1 Å². The van der Waals surface area contributed by atoms with Gasteiger partial charge < -0.3 is 9.72 Å². The van der Waals surface area contributed by atoms with Crippen LogP contribution in [0.3, 0.4) is 0 Å². The number of aromatic amines is 1. The van der Waals surface area contributed by atoms with E-state index in [1.54, 1.807) is 6.92 Å². The van der Waals surface area contributed by atoms with Gasteiger partial charge in [0, 0.05) is 16.6 Å². The quantitative estimate of drug-likeness (QED) is 0.796. The molecule has 0 bridgehead atoms. The third-order valence-electron chi connectivity index (χ3n) is 2.70. The van der Waals surface area contributed by atoms with Gasteiger partial charge in [-0.25, -0.2) is 4.79 Å². The van der Waals surface area contributed by atoms with Crippen LogP contribution in [-0.2, 0) is 10.9 Å². The van der Waals surface area contributed by atoms with E-state index in [-0.39, 0.29) is 11.1 Å². The Hall–Kier alpha value is -1.98. The number of H-pyrrole nitrogens is 1. The predicted molar refractivity (Wildman–Crippen MR) is 59.4 cm³/mol. The predicted octanol–water partition coefficient (Wildman–Crippen LogP) is 3.28. The van der Waals surface area contributed by atoms with Gasteiger partial charge in [0.1, 0.15) is 0 Å². The maximum absolute atomic E-state index is 12.5. The minimum absolute atomic E-state index is 0.265. The first-order chi connectivity index (χ1) is 8.34. The highest BCUT2D eigenvalue weighted by molar-refractivity contribution is 6.05. The summed E-state index contributed by atoms with van der Waals surface area (Å²) < 4.78 is 42.2. The van der Waals surface area contributed by atoms with Crippen molar-refractivity contribution in [1.82, 2.24) is 4.98 Å². The van der Waals surface area contributed by atoms with Gasteiger partial charge in [0.2, 0.25) is 0 Å². The lowest BCUT2D eigenvalue weighted by atomic mass is 10.1. The number of alkyl halides is 3. The number of benzene rings is 1. The topological polar surface area (TPSA) is 42.1 Å². The molecule has 0 atom stereocenters. The second kappa shape index (κ2) is 4.04. The number of aryl methyl sites for hydroxylation is 1. The maximum atomic E-state index is 12.5. The van der Waals surface area contributed by atoms with Crippen LogP contribution in [0.25, 0.3) is 10.9 Å². The van der Waals surface area contributed by atoms with E-state index in [4.69, 9.17) is 0 Å². The van der Waals surface area contributed by atoms with E-state index in [0.717, 1.165) is 12.1 Å². The number of rotatable bonds is 1. The Bertz CT molecular complexity index is 614. The highest BCUT2D eigenvalue weighted by atomic mass is 19.4. The molecule has 0 saturated heterocycles. The second-order valence-corrected chi connectivity index (χ2v) is 3.87. The number of hydrogen-bond acceptors (Lipinski definition) is 2. The molecule has 0 radical (unpaired) electrons. The summed E-state index contributed by atoms with van der Waals surface area (Å²) in [6.07, 6.45) is -4.40. The van der Waals surface area contributed by atoms with Crippen molar-refractivity contribution < 1.29 is 22.7 Å². The fourth-order valence-electron chi connectivity index (χ4n) is 1.87. The molecule has 1 aromatic carbocycles. The fourth-order valence-corrected chi connectivity index (χ4v) is 1.87. The first-order valence-electron chi connectivity index (χ1n) is 5.12. The number of ether oxygens (including phenoxy) is 1. The molecule has 1 N–H and O–H groups in total.